The van der Waals surface area contributed by atoms with Crippen molar-refractivity contribution in [1.29, 1.82) is 0 Å². The van der Waals surface area contributed by atoms with Crippen LogP contribution in [0.4, 0.5) is 18.9 Å². The highest BCUT2D eigenvalue weighted by atomic mass is 19.4. The summed E-state index contributed by atoms with van der Waals surface area (Å²) in [5.41, 5.74) is 4.12. The third-order valence-corrected chi connectivity index (χ3v) is 3.75. The molecule has 0 aliphatic carbocycles. The number of anilines is 1. The van der Waals surface area contributed by atoms with Crippen molar-refractivity contribution in [2.24, 2.45) is 0 Å². The summed E-state index contributed by atoms with van der Waals surface area (Å²) in [6.45, 7) is 6.35. The summed E-state index contributed by atoms with van der Waals surface area (Å²) < 4.78 is 38.3. The minimum Gasteiger partial charge on any atom is -0.381 e. The molecule has 21 heavy (non-hydrogen) atoms. The highest BCUT2D eigenvalue weighted by molar-refractivity contribution is 5.54. The van der Waals surface area contributed by atoms with Crippen molar-refractivity contribution in [3.05, 3.63) is 64.2 Å². The zero-order valence-corrected chi connectivity index (χ0v) is 12.3. The molecule has 0 atom stereocenters. The molecule has 0 fully saturated rings. The van der Waals surface area contributed by atoms with Crippen LogP contribution in [0.1, 0.15) is 27.8 Å². The number of rotatable bonds is 3. The van der Waals surface area contributed by atoms with Gasteiger partial charge in [-0.15, -0.1) is 0 Å². The highest BCUT2D eigenvalue weighted by Crippen LogP contribution is 2.32. The number of hydrogen-bond donors (Lipinski definition) is 1. The summed E-state index contributed by atoms with van der Waals surface area (Å²) in [5, 5.41) is 3.11. The molecule has 0 aliphatic rings. The van der Waals surface area contributed by atoms with Gasteiger partial charge in [0.05, 0.1) is 5.56 Å². The van der Waals surface area contributed by atoms with Crippen LogP contribution in [0.2, 0.25) is 0 Å². The van der Waals surface area contributed by atoms with Crippen LogP contribution in [0.5, 0.6) is 0 Å². The minimum absolute atomic E-state index is 0.510. The van der Waals surface area contributed by atoms with Crippen molar-refractivity contribution in [2.75, 3.05) is 5.32 Å². The van der Waals surface area contributed by atoms with Crippen molar-refractivity contribution < 1.29 is 13.2 Å². The molecule has 0 heterocycles. The van der Waals surface area contributed by atoms with E-state index in [4.69, 9.17) is 0 Å². The SMILES string of the molecule is Cc1ccc(C(F)(F)F)cc1NCc1cccc(C)c1C. The molecule has 0 spiro atoms. The molecule has 0 aromatic heterocycles. The smallest absolute Gasteiger partial charge is 0.381 e. The maximum absolute atomic E-state index is 12.8. The van der Waals surface area contributed by atoms with Gasteiger partial charge in [-0.2, -0.15) is 13.2 Å². The molecule has 0 saturated carbocycles. The second-order valence-corrected chi connectivity index (χ2v) is 5.24. The number of nitrogens with one attached hydrogen (secondary N) is 1. The normalized spacial score (nSPS) is 11.5. The molecule has 0 aliphatic heterocycles. The Hall–Kier alpha value is -1.97. The van der Waals surface area contributed by atoms with Crippen LogP contribution in [0.3, 0.4) is 0 Å². The lowest BCUT2D eigenvalue weighted by Gasteiger charge is -2.15. The predicted molar refractivity (Wildman–Crippen MR) is 79.4 cm³/mol. The van der Waals surface area contributed by atoms with Gasteiger partial charge in [0.1, 0.15) is 0 Å². The van der Waals surface area contributed by atoms with E-state index in [2.05, 4.69) is 5.32 Å². The van der Waals surface area contributed by atoms with Crippen LogP contribution < -0.4 is 5.32 Å². The van der Waals surface area contributed by atoms with Crippen LogP contribution in [-0.4, -0.2) is 0 Å². The van der Waals surface area contributed by atoms with E-state index >= 15 is 0 Å². The van der Waals surface area contributed by atoms with E-state index in [1.165, 1.54) is 17.7 Å². The van der Waals surface area contributed by atoms with E-state index in [9.17, 15) is 13.2 Å². The van der Waals surface area contributed by atoms with Crippen molar-refractivity contribution in [3.63, 3.8) is 0 Å². The first-order valence-corrected chi connectivity index (χ1v) is 6.76. The van der Waals surface area contributed by atoms with E-state index in [-0.39, 0.29) is 0 Å². The average Bonchev–Trinajstić information content (AvgIpc) is 2.40. The fraction of sp³-hybridized carbons (Fsp3) is 0.294. The van der Waals surface area contributed by atoms with Gasteiger partial charge in [0, 0.05) is 12.2 Å². The Labute approximate surface area is 122 Å². The van der Waals surface area contributed by atoms with Gasteiger partial charge in [-0.05, 0) is 55.2 Å². The van der Waals surface area contributed by atoms with Crippen molar-refractivity contribution >= 4 is 5.69 Å². The minimum atomic E-state index is -4.32. The maximum atomic E-state index is 12.8. The molecule has 0 bridgehead atoms. The summed E-state index contributed by atoms with van der Waals surface area (Å²) in [7, 11) is 0. The Morgan fingerprint density at radius 3 is 2.33 bits per heavy atom. The Morgan fingerprint density at radius 2 is 1.67 bits per heavy atom. The summed E-state index contributed by atoms with van der Waals surface area (Å²) >= 11 is 0. The Morgan fingerprint density at radius 1 is 0.952 bits per heavy atom. The number of aryl methyl sites for hydroxylation is 2. The number of alkyl halides is 3. The van der Waals surface area contributed by atoms with Gasteiger partial charge in [0.15, 0.2) is 0 Å². The van der Waals surface area contributed by atoms with E-state index in [0.29, 0.717) is 12.2 Å². The third-order valence-electron chi connectivity index (χ3n) is 3.75. The van der Waals surface area contributed by atoms with E-state index in [0.717, 1.165) is 22.8 Å². The molecular weight excluding hydrogens is 275 g/mol. The second kappa shape index (κ2) is 5.80. The zero-order valence-electron chi connectivity index (χ0n) is 12.3. The Balaban J connectivity index is 2.22. The highest BCUT2D eigenvalue weighted by Gasteiger charge is 2.30. The lowest BCUT2D eigenvalue weighted by Crippen LogP contribution is -2.08. The van der Waals surface area contributed by atoms with Gasteiger partial charge in [-0.3, -0.25) is 0 Å². The van der Waals surface area contributed by atoms with Gasteiger partial charge >= 0.3 is 6.18 Å². The van der Waals surface area contributed by atoms with Crippen LogP contribution in [0.25, 0.3) is 0 Å². The standard InChI is InChI=1S/C17H18F3N/c1-11-5-4-6-14(13(11)3)10-21-16-9-15(17(18,19)20)8-7-12(16)2/h4-9,21H,10H2,1-3H3. The number of benzene rings is 2. The summed E-state index contributed by atoms with van der Waals surface area (Å²) in [5.74, 6) is 0. The maximum Gasteiger partial charge on any atom is 0.416 e. The first-order valence-electron chi connectivity index (χ1n) is 6.76. The molecule has 0 unspecified atom stereocenters. The molecular formula is C17H18F3N. The fourth-order valence-corrected chi connectivity index (χ4v) is 2.18. The first kappa shape index (κ1) is 15.4. The third kappa shape index (κ3) is 3.57. The molecule has 0 saturated heterocycles. The molecule has 0 radical (unpaired) electrons. The predicted octanol–water partition coefficient (Wildman–Crippen LogP) is 5.24. The van der Waals surface area contributed by atoms with Crippen LogP contribution in [0, 0.1) is 20.8 Å². The van der Waals surface area contributed by atoms with E-state index in [1.54, 1.807) is 6.92 Å². The van der Waals surface area contributed by atoms with Gasteiger partial charge in [0.2, 0.25) is 0 Å². The van der Waals surface area contributed by atoms with E-state index < -0.39 is 11.7 Å². The molecule has 2 aromatic rings. The molecule has 4 heteroatoms. The van der Waals surface area contributed by atoms with Crippen molar-refractivity contribution in [1.82, 2.24) is 0 Å². The monoisotopic (exact) mass is 293 g/mol. The van der Waals surface area contributed by atoms with Gasteiger partial charge in [-0.25, -0.2) is 0 Å². The van der Waals surface area contributed by atoms with E-state index in [1.807, 2.05) is 32.0 Å². The molecule has 112 valence electrons. The molecule has 2 aromatic carbocycles. The largest absolute Gasteiger partial charge is 0.416 e. The summed E-state index contributed by atoms with van der Waals surface area (Å²) in [4.78, 5) is 0. The quantitative estimate of drug-likeness (QED) is 0.815. The number of hydrogen-bond acceptors (Lipinski definition) is 1. The lowest BCUT2D eigenvalue weighted by molar-refractivity contribution is -0.137. The van der Waals surface area contributed by atoms with Gasteiger partial charge in [0.25, 0.3) is 0 Å². The van der Waals surface area contributed by atoms with Crippen molar-refractivity contribution in [2.45, 2.75) is 33.5 Å². The first-order chi connectivity index (χ1) is 9.79. The summed E-state index contributed by atoms with van der Waals surface area (Å²) in [6, 6.07) is 9.73. The lowest BCUT2D eigenvalue weighted by atomic mass is 10.0. The van der Waals surface area contributed by atoms with Crippen molar-refractivity contribution in [3.8, 4) is 0 Å². The molecule has 1 nitrogen and oxygen atoms in total. The fourth-order valence-electron chi connectivity index (χ4n) is 2.18. The zero-order chi connectivity index (χ0) is 15.6. The van der Waals surface area contributed by atoms with Gasteiger partial charge < -0.3 is 5.32 Å². The molecule has 2 rings (SSSR count). The molecule has 0 amide bonds. The van der Waals surface area contributed by atoms with Crippen LogP contribution in [0.15, 0.2) is 36.4 Å². The Kier molecular flexibility index (Phi) is 4.26. The second-order valence-electron chi connectivity index (χ2n) is 5.24. The summed E-state index contributed by atoms with van der Waals surface area (Å²) in [6.07, 6.45) is -4.32. The van der Waals surface area contributed by atoms with Crippen LogP contribution >= 0.6 is 0 Å². The Bertz CT molecular complexity index is 645. The van der Waals surface area contributed by atoms with Crippen LogP contribution in [-0.2, 0) is 12.7 Å². The number of halogens is 3. The topological polar surface area (TPSA) is 12.0 Å². The van der Waals surface area contributed by atoms with Gasteiger partial charge in [-0.1, -0.05) is 24.3 Å². The average molecular weight is 293 g/mol. The molecule has 1 N–H and O–H groups in total.